The Bertz CT molecular complexity index is 1600. The van der Waals surface area contributed by atoms with E-state index in [1.165, 1.54) is 73.5 Å². The molecule has 0 fully saturated rings. The van der Waals surface area contributed by atoms with Crippen LogP contribution in [0.2, 0.25) is 5.02 Å². The van der Waals surface area contributed by atoms with Crippen LogP contribution in [-0.2, 0) is 26.2 Å². The molecule has 14 heteroatoms. The lowest BCUT2D eigenvalue weighted by molar-refractivity contribution is -0.385. The first-order chi connectivity index (χ1) is 20.3. The summed E-state index contributed by atoms with van der Waals surface area (Å²) in [6.07, 6.45) is 0.191. The molecule has 1 unspecified atom stereocenters. The summed E-state index contributed by atoms with van der Waals surface area (Å²) in [6.45, 7) is 4.22. The minimum Gasteiger partial charge on any atom is -0.495 e. The molecular formula is C29H32ClFN4O7S. The number of carbonyl (C=O) groups is 2. The van der Waals surface area contributed by atoms with Gasteiger partial charge in [-0.3, -0.25) is 24.0 Å². The summed E-state index contributed by atoms with van der Waals surface area (Å²) >= 11 is 6.22. The number of methoxy groups -OCH3 is 1. The molecule has 1 atom stereocenters. The maximum atomic E-state index is 14.1. The molecule has 0 saturated heterocycles. The number of hydrogen-bond donors (Lipinski definition) is 1. The third-order valence-corrected chi connectivity index (χ3v) is 8.65. The number of halogens is 2. The zero-order chi connectivity index (χ0) is 31.9. The van der Waals surface area contributed by atoms with Crippen LogP contribution in [0, 0.1) is 22.9 Å². The highest BCUT2D eigenvalue weighted by Gasteiger charge is 2.35. The molecule has 0 heterocycles. The van der Waals surface area contributed by atoms with Gasteiger partial charge in [-0.2, -0.15) is 0 Å². The first-order valence-corrected chi connectivity index (χ1v) is 15.1. The molecule has 3 rings (SSSR count). The molecule has 0 bridgehead atoms. The second kappa shape index (κ2) is 14.3. The minimum atomic E-state index is -4.65. The quantitative estimate of drug-likeness (QED) is 0.210. The lowest BCUT2D eigenvalue weighted by Gasteiger charge is -2.33. The fraction of sp³-hybridized carbons (Fsp3) is 0.310. The van der Waals surface area contributed by atoms with Crippen LogP contribution in [0.1, 0.15) is 31.4 Å². The fourth-order valence-electron chi connectivity index (χ4n) is 4.44. The van der Waals surface area contributed by atoms with Gasteiger partial charge in [0.2, 0.25) is 11.8 Å². The third kappa shape index (κ3) is 7.79. The van der Waals surface area contributed by atoms with Crippen LogP contribution < -0.4 is 14.4 Å². The van der Waals surface area contributed by atoms with E-state index in [-0.39, 0.29) is 35.0 Å². The van der Waals surface area contributed by atoms with E-state index in [9.17, 15) is 32.5 Å². The van der Waals surface area contributed by atoms with Crippen molar-refractivity contribution < 1.29 is 32.1 Å². The number of nitrogens with one attached hydrogen (secondary N) is 1. The molecule has 3 aromatic rings. The van der Waals surface area contributed by atoms with Crippen molar-refractivity contribution in [1.29, 1.82) is 0 Å². The number of likely N-dealkylation sites (N-methyl/N-ethyl adjacent to an activating group) is 1. The summed E-state index contributed by atoms with van der Waals surface area (Å²) in [4.78, 5) is 38.8. The monoisotopic (exact) mass is 634 g/mol. The van der Waals surface area contributed by atoms with Crippen molar-refractivity contribution in [2.75, 3.05) is 24.5 Å². The Kier molecular flexibility index (Phi) is 11.1. The average molecular weight is 635 g/mol. The number of aryl methyl sites for hydroxylation is 1. The standard InChI is InChI=1S/C29H32ClFN4O7S/c1-5-24(29(37)32-6-2)33(17-20-8-11-22(31)12-9-20)28(36)18-34(26-15-21(30)10-14-27(26)42-4)43(40,41)23-13-7-19(3)25(16-23)35(38)39/h7-16,24H,5-6,17-18H2,1-4H3,(H,32,37). The average Bonchev–Trinajstić information content (AvgIpc) is 2.96. The summed E-state index contributed by atoms with van der Waals surface area (Å²) in [5, 5.41) is 14.4. The van der Waals surface area contributed by atoms with E-state index < -0.39 is 55.7 Å². The maximum absolute atomic E-state index is 14.1. The highest BCUT2D eigenvalue weighted by molar-refractivity contribution is 7.92. The van der Waals surface area contributed by atoms with Crippen LogP contribution in [0.25, 0.3) is 0 Å². The molecule has 0 aliphatic heterocycles. The Morgan fingerprint density at radius 1 is 1.09 bits per heavy atom. The zero-order valence-electron chi connectivity index (χ0n) is 24.0. The Labute approximate surface area is 254 Å². The van der Waals surface area contributed by atoms with Gasteiger partial charge in [0.05, 0.1) is 22.6 Å². The van der Waals surface area contributed by atoms with Gasteiger partial charge in [-0.05, 0) is 62.2 Å². The maximum Gasteiger partial charge on any atom is 0.273 e. The van der Waals surface area contributed by atoms with E-state index in [1.54, 1.807) is 13.8 Å². The topological polar surface area (TPSA) is 139 Å². The van der Waals surface area contributed by atoms with Crippen molar-refractivity contribution in [1.82, 2.24) is 10.2 Å². The van der Waals surface area contributed by atoms with Crippen molar-refractivity contribution in [2.45, 2.75) is 44.7 Å². The van der Waals surface area contributed by atoms with Gasteiger partial charge in [0, 0.05) is 29.7 Å². The van der Waals surface area contributed by atoms with Gasteiger partial charge in [-0.25, -0.2) is 12.8 Å². The first kappa shape index (κ1) is 33.3. The molecular weight excluding hydrogens is 603 g/mol. The largest absolute Gasteiger partial charge is 0.495 e. The minimum absolute atomic E-state index is 0.0586. The van der Waals surface area contributed by atoms with E-state index in [0.717, 1.165) is 10.4 Å². The second-order valence-corrected chi connectivity index (χ2v) is 11.8. The molecule has 11 nitrogen and oxygen atoms in total. The van der Waals surface area contributed by atoms with Gasteiger partial charge >= 0.3 is 0 Å². The molecule has 3 aromatic carbocycles. The van der Waals surface area contributed by atoms with Crippen LogP contribution >= 0.6 is 11.6 Å². The highest BCUT2D eigenvalue weighted by Crippen LogP contribution is 2.36. The van der Waals surface area contributed by atoms with E-state index >= 15 is 0 Å². The van der Waals surface area contributed by atoms with Crippen LogP contribution in [0.5, 0.6) is 5.75 Å². The number of ether oxygens (including phenoxy) is 1. The number of nitrogens with zero attached hydrogens (tertiary/aromatic N) is 3. The summed E-state index contributed by atoms with van der Waals surface area (Å²) in [5.41, 5.74) is 0.219. The lowest BCUT2D eigenvalue weighted by atomic mass is 10.1. The number of amides is 2. The summed E-state index contributed by atoms with van der Waals surface area (Å²) < 4.78 is 48.0. The molecule has 0 saturated carbocycles. The number of nitro groups is 1. The smallest absolute Gasteiger partial charge is 0.273 e. The van der Waals surface area contributed by atoms with Gasteiger partial charge < -0.3 is 15.0 Å². The Morgan fingerprint density at radius 3 is 2.35 bits per heavy atom. The van der Waals surface area contributed by atoms with Crippen LogP contribution in [0.15, 0.2) is 65.6 Å². The normalized spacial score (nSPS) is 11.9. The van der Waals surface area contributed by atoms with Gasteiger partial charge in [-0.15, -0.1) is 0 Å². The molecule has 43 heavy (non-hydrogen) atoms. The van der Waals surface area contributed by atoms with Crippen LogP contribution in [0.3, 0.4) is 0 Å². The lowest BCUT2D eigenvalue weighted by Crippen LogP contribution is -2.52. The number of nitro benzene ring substituents is 1. The van der Waals surface area contributed by atoms with Crippen molar-refractivity contribution in [3.8, 4) is 5.75 Å². The van der Waals surface area contributed by atoms with Gasteiger partial charge in [0.1, 0.15) is 24.2 Å². The molecule has 0 aliphatic rings. The van der Waals surface area contributed by atoms with E-state index in [0.29, 0.717) is 12.1 Å². The first-order valence-electron chi connectivity index (χ1n) is 13.3. The summed E-state index contributed by atoms with van der Waals surface area (Å²) in [6, 6.07) is 11.9. The molecule has 0 spiro atoms. The summed E-state index contributed by atoms with van der Waals surface area (Å²) in [7, 11) is -3.35. The fourth-order valence-corrected chi connectivity index (χ4v) is 6.05. The van der Waals surface area contributed by atoms with Gasteiger partial charge in [-0.1, -0.05) is 36.7 Å². The number of anilines is 1. The van der Waals surface area contributed by atoms with Crippen molar-refractivity contribution >= 4 is 44.8 Å². The molecule has 1 N–H and O–H groups in total. The third-order valence-electron chi connectivity index (χ3n) is 6.66. The number of benzene rings is 3. The second-order valence-electron chi connectivity index (χ2n) is 9.50. The molecule has 0 aliphatic carbocycles. The Morgan fingerprint density at radius 2 is 1.77 bits per heavy atom. The van der Waals surface area contributed by atoms with E-state index in [1.807, 2.05) is 0 Å². The Hall–Kier alpha value is -4.23. The van der Waals surface area contributed by atoms with Crippen molar-refractivity contribution in [2.24, 2.45) is 0 Å². The Balaban J connectivity index is 2.18. The predicted molar refractivity (Wildman–Crippen MR) is 160 cm³/mol. The summed E-state index contributed by atoms with van der Waals surface area (Å²) in [5.74, 6) is -1.66. The predicted octanol–water partition coefficient (Wildman–Crippen LogP) is 4.84. The van der Waals surface area contributed by atoms with Crippen LogP contribution in [0.4, 0.5) is 15.8 Å². The SMILES string of the molecule is CCNC(=O)C(CC)N(Cc1ccc(F)cc1)C(=O)CN(c1cc(Cl)ccc1OC)S(=O)(=O)c1ccc(C)c([N+](=O)[O-])c1. The number of hydrogen-bond acceptors (Lipinski definition) is 7. The number of sulfonamides is 1. The highest BCUT2D eigenvalue weighted by atomic mass is 35.5. The molecule has 230 valence electrons. The van der Waals surface area contributed by atoms with Crippen molar-refractivity contribution in [3.05, 3.63) is 92.7 Å². The van der Waals surface area contributed by atoms with E-state index in [4.69, 9.17) is 16.3 Å². The van der Waals surface area contributed by atoms with Crippen LogP contribution in [-0.4, -0.2) is 56.3 Å². The molecule has 2 amide bonds. The molecule has 0 aromatic heterocycles. The van der Waals surface area contributed by atoms with Gasteiger partial charge in [0.15, 0.2) is 0 Å². The number of rotatable bonds is 13. The number of carbonyl (C=O) groups excluding carboxylic acids is 2. The molecule has 0 radical (unpaired) electrons. The van der Waals surface area contributed by atoms with E-state index in [2.05, 4.69) is 5.32 Å². The zero-order valence-corrected chi connectivity index (χ0v) is 25.6. The van der Waals surface area contributed by atoms with Crippen molar-refractivity contribution in [3.63, 3.8) is 0 Å². The van der Waals surface area contributed by atoms with Gasteiger partial charge in [0.25, 0.3) is 15.7 Å².